The second-order valence-electron chi connectivity index (χ2n) is 5.81. The standard InChI is InChI=1S/C16H24N2O2/c1-13(2)10-17(3)16(19)14-6-4-8-18(11-14)12-15-7-5-9-20-15/h5,7,9,14H,1,4,6,8,10-12H2,2-3H3. The van der Waals surface area contributed by atoms with E-state index < -0.39 is 0 Å². The van der Waals surface area contributed by atoms with Gasteiger partial charge in [-0.1, -0.05) is 12.2 Å². The lowest BCUT2D eigenvalue weighted by molar-refractivity contribution is -0.135. The Morgan fingerprint density at radius 3 is 3.05 bits per heavy atom. The van der Waals surface area contributed by atoms with Crippen molar-refractivity contribution in [3.05, 3.63) is 36.3 Å². The van der Waals surface area contributed by atoms with Crippen LogP contribution < -0.4 is 0 Å². The van der Waals surface area contributed by atoms with Crippen LogP contribution in [0.3, 0.4) is 0 Å². The summed E-state index contributed by atoms with van der Waals surface area (Å²) in [5.74, 6) is 1.30. The van der Waals surface area contributed by atoms with Crippen LogP contribution in [0.1, 0.15) is 25.5 Å². The maximum Gasteiger partial charge on any atom is 0.227 e. The van der Waals surface area contributed by atoms with E-state index in [0.29, 0.717) is 6.54 Å². The first-order chi connectivity index (χ1) is 9.56. The summed E-state index contributed by atoms with van der Waals surface area (Å²) in [4.78, 5) is 16.5. The van der Waals surface area contributed by atoms with Crippen LogP contribution >= 0.6 is 0 Å². The summed E-state index contributed by atoms with van der Waals surface area (Å²) >= 11 is 0. The minimum Gasteiger partial charge on any atom is -0.468 e. The van der Waals surface area contributed by atoms with Gasteiger partial charge < -0.3 is 9.32 Å². The van der Waals surface area contributed by atoms with Crippen molar-refractivity contribution < 1.29 is 9.21 Å². The number of rotatable bonds is 5. The van der Waals surface area contributed by atoms with E-state index in [0.717, 1.165) is 43.8 Å². The molecule has 1 unspecified atom stereocenters. The molecule has 2 heterocycles. The molecule has 0 aromatic carbocycles. The Labute approximate surface area is 121 Å². The summed E-state index contributed by atoms with van der Waals surface area (Å²) in [6, 6.07) is 3.89. The molecular formula is C16H24N2O2. The van der Waals surface area contributed by atoms with E-state index in [1.54, 1.807) is 11.2 Å². The van der Waals surface area contributed by atoms with Crippen molar-refractivity contribution in [1.82, 2.24) is 9.80 Å². The Morgan fingerprint density at radius 1 is 1.60 bits per heavy atom. The van der Waals surface area contributed by atoms with Gasteiger partial charge >= 0.3 is 0 Å². The van der Waals surface area contributed by atoms with E-state index in [1.165, 1.54) is 0 Å². The number of likely N-dealkylation sites (N-methyl/N-ethyl adjacent to an activating group) is 1. The smallest absolute Gasteiger partial charge is 0.227 e. The first-order valence-electron chi connectivity index (χ1n) is 7.20. The summed E-state index contributed by atoms with van der Waals surface area (Å²) < 4.78 is 5.38. The molecule has 20 heavy (non-hydrogen) atoms. The molecule has 1 aliphatic heterocycles. The van der Waals surface area contributed by atoms with E-state index in [9.17, 15) is 4.79 Å². The number of carbonyl (C=O) groups excluding carboxylic acids is 1. The highest BCUT2D eigenvalue weighted by Crippen LogP contribution is 2.20. The van der Waals surface area contributed by atoms with Crippen molar-refractivity contribution in [3.63, 3.8) is 0 Å². The van der Waals surface area contributed by atoms with Crippen LogP contribution in [0, 0.1) is 5.92 Å². The molecule has 110 valence electrons. The van der Waals surface area contributed by atoms with E-state index >= 15 is 0 Å². The van der Waals surface area contributed by atoms with Gasteiger partial charge in [0.05, 0.1) is 18.7 Å². The highest BCUT2D eigenvalue weighted by atomic mass is 16.3. The van der Waals surface area contributed by atoms with E-state index in [4.69, 9.17) is 4.42 Å². The number of carbonyl (C=O) groups is 1. The van der Waals surface area contributed by atoms with Crippen LogP contribution in [0.2, 0.25) is 0 Å². The monoisotopic (exact) mass is 276 g/mol. The summed E-state index contributed by atoms with van der Waals surface area (Å²) in [6.07, 6.45) is 3.74. The normalized spacial score (nSPS) is 19.8. The second-order valence-corrected chi connectivity index (χ2v) is 5.81. The van der Waals surface area contributed by atoms with Gasteiger partial charge in [-0.05, 0) is 38.4 Å². The molecule has 2 rings (SSSR count). The second kappa shape index (κ2) is 6.75. The first-order valence-corrected chi connectivity index (χ1v) is 7.20. The van der Waals surface area contributed by atoms with Gasteiger partial charge in [-0.15, -0.1) is 0 Å². The Morgan fingerprint density at radius 2 is 2.40 bits per heavy atom. The molecule has 0 saturated carbocycles. The lowest BCUT2D eigenvalue weighted by Gasteiger charge is -2.33. The SMILES string of the molecule is C=C(C)CN(C)C(=O)C1CCCN(Cc2ccco2)C1. The van der Waals surface area contributed by atoms with Gasteiger partial charge in [-0.2, -0.15) is 0 Å². The zero-order chi connectivity index (χ0) is 14.5. The number of likely N-dealkylation sites (tertiary alicyclic amines) is 1. The molecule has 1 aromatic heterocycles. The number of furan rings is 1. The maximum absolute atomic E-state index is 12.4. The van der Waals surface area contributed by atoms with Gasteiger partial charge in [0.1, 0.15) is 5.76 Å². The van der Waals surface area contributed by atoms with Crippen LogP contribution in [0.5, 0.6) is 0 Å². The lowest BCUT2D eigenvalue weighted by atomic mass is 9.96. The van der Waals surface area contributed by atoms with E-state index in [1.807, 2.05) is 26.1 Å². The molecule has 0 bridgehead atoms. The average Bonchev–Trinajstić information content (AvgIpc) is 2.90. The van der Waals surface area contributed by atoms with Crippen LogP contribution in [0.15, 0.2) is 35.0 Å². The van der Waals surface area contributed by atoms with Gasteiger partial charge in [0.2, 0.25) is 5.91 Å². The van der Waals surface area contributed by atoms with Crippen LogP contribution in [0.4, 0.5) is 0 Å². The molecule has 1 fully saturated rings. The third-order valence-electron chi connectivity index (χ3n) is 3.70. The van der Waals surface area contributed by atoms with Crippen molar-refractivity contribution >= 4 is 5.91 Å². The number of amides is 1. The Bertz CT molecular complexity index is 453. The van der Waals surface area contributed by atoms with Crippen LogP contribution in [0.25, 0.3) is 0 Å². The van der Waals surface area contributed by atoms with Crippen molar-refractivity contribution in [2.45, 2.75) is 26.3 Å². The molecule has 4 nitrogen and oxygen atoms in total. The highest BCUT2D eigenvalue weighted by Gasteiger charge is 2.28. The summed E-state index contributed by atoms with van der Waals surface area (Å²) in [5, 5.41) is 0. The average molecular weight is 276 g/mol. The van der Waals surface area contributed by atoms with Gasteiger partial charge in [-0.25, -0.2) is 0 Å². The third kappa shape index (κ3) is 3.97. The molecule has 1 saturated heterocycles. The summed E-state index contributed by atoms with van der Waals surface area (Å²) in [6.45, 7) is 9.12. The van der Waals surface area contributed by atoms with Gasteiger partial charge in [0.15, 0.2) is 0 Å². The summed E-state index contributed by atoms with van der Waals surface area (Å²) in [5.41, 5.74) is 1.02. The molecule has 0 spiro atoms. The molecule has 1 atom stereocenters. The van der Waals surface area contributed by atoms with Crippen LogP contribution in [-0.4, -0.2) is 42.4 Å². The molecule has 1 aromatic rings. The van der Waals surface area contributed by atoms with Crippen molar-refractivity contribution in [2.24, 2.45) is 5.92 Å². The number of hydrogen-bond acceptors (Lipinski definition) is 3. The predicted molar refractivity (Wildman–Crippen MR) is 79.2 cm³/mol. The first kappa shape index (κ1) is 14.9. The fourth-order valence-electron chi connectivity index (χ4n) is 2.82. The molecule has 0 aliphatic carbocycles. The molecule has 1 amide bonds. The van der Waals surface area contributed by atoms with E-state index in [-0.39, 0.29) is 11.8 Å². The largest absolute Gasteiger partial charge is 0.468 e. The minimum atomic E-state index is 0.100. The van der Waals surface area contributed by atoms with Gasteiger partial charge in [0.25, 0.3) is 0 Å². The number of piperidine rings is 1. The Kier molecular flexibility index (Phi) is 5.01. The molecule has 0 radical (unpaired) electrons. The fourth-order valence-corrected chi connectivity index (χ4v) is 2.82. The van der Waals surface area contributed by atoms with Crippen molar-refractivity contribution in [3.8, 4) is 0 Å². The highest BCUT2D eigenvalue weighted by molar-refractivity contribution is 5.79. The molecule has 0 N–H and O–H groups in total. The zero-order valence-corrected chi connectivity index (χ0v) is 12.5. The van der Waals surface area contributed by atoms with E-state index in [2.05, 4.69) is 11.5 Å². The van der Waals surface area contributed by atoms with Crippen LogP contribution in [-0.2, 0) is 11.3 Å². The maximum atomic E-state index is 12.4. The Hall–Kier alpha value is -1.55. The molecular weight excluding hydrogens is 252 g/mol. The molecule has 1 aliphatic rings. The number of nitrogens with zero attached hydrogens (tertiary/aromatic N) is 2. The third-order valence-corrected chi connectivity index (χ3v) is 3.70. The van der Waals surface area contributed by atoms with Gasteiger partial charge in [0, 0.05) is 20.1 Å². The number of hydrogen-bond donors (Lipinski definition) is 0. The van der Waals surface area contributed by atoms with Gasteiger partial charge in [-0.3, -0.25) is 9.69 Å². The summed E-state index contributed by atoms with van der Waals surface area (Å²) in [7, 11) is 1.86. The lowest BCUT2D eigenvalue weighted by Crippen LogP contribution is -2.43. The zero-order valence-electron chi connectivity index (χ0n) is 12.5. The minimum absolute atomic E-state index is 0.100. The Balaban J connectivity index is 1.89. The predicted octanol–water partition coefficient (Wildman–Crippen LogP) is 2.53. The van der Waals surface area contributed by atoms with Crippen molar-refractivity contribution in [1.29, 1.82) is 0 Å². The topological polar surface area (TPSA) is 36.7 Å². The fraction of sp³-hybridized carbons (Fsp3) is 0.562. The molecule has 4 heteroatoms. The quantitative estimate of drug-likeness (QED) is 0.775. The van der Waals surface area contributed by atoms with Crippen molar-refractivity contribution in [2.75, 3.05) is 26.7 Å².